The Labute approximate surface area is 87.6 Å². The Morgan fingerprint density at radius 1 is 1.00 bits per heavy atom. The minimum absolute atomic E-state index is 0.527. The van der Waals surface area contributed by atoms with Crippen LogP contribution in [0.3, 0.4) is 0 Å². The first-order valence-corrected chi connectivity index (χ1v) is 5.55. The van der Waals surface area contributed by atoms with Crippen molar-refractivity contribution >= 4 is 0 Å². The third kappa shape index (κ3) is 2.57. The molecule has 78 valence electrons. The SMILES string of the molecule is CCc1cc(C(C)C)nc(C(C)C)c1. The second-order valence-corrected chi connectivity index (χ2v) is 4.49. The molecule has 1 heteroatoms. The third-order valence-corrected chi connectivity index (χ3v) is 2.52. The molecule has 1 aromatic rings. The maximum atomic E-state index is 4.68. The molecule has 0 amide bonds. The molecule has 0 aliphatic heterocycles. The standard InChI is InChI=1S/C13H21N/c1-6-11-7-12(9(2)3)14-13(8-11)10(4)5/h7-10H,6H2,1-5H3. The van der Waals surface area contributed by atoms with E-state index in [0.717, 1.165) is 6.42 Å². The quantitative estimate of drug-likeness (QED) is 0.706. The monoisotopic (exact) mass is 191 g/mol. The highest BCUT2D eigenvalue weighted by molar-refractivity contribution is 5.24. The van der Waals surface area contributed by atoms with Gasteiger partial charge in [-0.2, -0.15) is 0 Å². The van der Waals surface area contributed by atoms with Crippen molar-refractivity contribution in [3.8, 4) is 0 Å². The van der Waals surface area contributed by atoms with Crippen LogP contribution in [0.25, 0.3) is 0 Å². The van der Waals surface area contributed by atoms with E-state index in [4.69, 9.17) is 0 Å². The van der Waals surface area contributed by atoms with E-state index >= 15 is 0 Å². The molecule has 0 saturated heterocycles. The Morgan fingerprint density at radius 3 is 1.71 bits per heavy atom. The molecule has 0 spiro atoms. The van der Waals surface area contributed by atoms with E-state index in [2.05, 4.69) is 51.7 Å². The van der Waals surface area contributed by atoms with Crippen molar-refractivity contribution in [2.24, 2.45) is 0 Å². The van der Waals surface area contributed by atoms with Gasteiger partial charge in [0.05, 0.1) is 0 Å². The summed E-state index contributed by atoms with van der Waals surface area (Å²) in [7, 11) is 0. The highest BCUT2D eigenvalue weighted by atomic mass is 14.7. The molecule has 0 bridgehead atoms. The van der Waals surface area contributed by atoms with Gasteiger partial charge in [-0.25, -0.2) is 0 Å². The van der Waals surface area contributed by atoms with Gasteiger partial charge in [-0.05, 0) is 36.0 Å². The third-order valence-electron chi connectivity index (χ3n) is 2.52. The minimum atomic E-state index is 0.527. The van der Waals surface area contributed by atoms with Crippen molar-refractivity contribution in [3.05, 3.63) is 29.1 Å². The molecule has 0 radical (unpaired) electrons. The van der Waals surface area contributed by atoms with Gasteiger partial charge in [-0.1, -0.05) is 34.6 Å². The molecule has 0 fully saturated rings. The van der Waals surface area contributed by atoms with Gasteiger partial charge >= 0.3 is 0 Å². The Hall–Kier alpha value is -0.850. The van der Waals surface area contributed by atoms with Crippen LogP contribution in [-0.4, -0.2) is 4.98 Å². The molecular weight excluding hydrogens is 170 g/mol. The van der Waals surface area contributed by atoms with Crippen LogP contribution in [0.2, 0.25) is 0 Å². The molecule has 1 heterocycles. The fourth-order valence-corrected chi connectivity index (χ4v) is 1.43. The largest absolute Gasteiger partial charge is 0.257 e. The number of hydrogen-bond donors (Lipinski definition) is 0. The summed E-state index contributed by atoms with van der Waals surface area (Å²) >= 11 is 0. The molecule has 0 N–H and O–H groups in total. The second-order valence-electron chi connectivity index (χ2n) is 4.49. The van der Waals surface area contributed by atoms with Gasteiger partial charge in [-0.15, -0.1) is 0 Å². The molecule has 1 aromatic heterocycles. The molecule has 14 heavy (non-hydrogen) atoms. The van der Waals surface area contributed by atoms with Crippen LogP contribution < -0.4 is 0 Å². The first-order valence-electron chi connectivity index (χ1n) is 5.55. The van der Waals surface area contributed by atoms with E-state index in [1.165, 1.54) is 17.0 Å². The van der Waals surface area contributed by atoms with Crippen LogP contribution in [0, 0.1) is 0 Å². The highest BCUT2D eigenvalue weighted by Crippen LogP contribution is 2.19. The van der Waals surface area contributed by atoms with Gasteiger partial charge in [0.25, 0.3) is 0 Å². The van der Waals surface area contributed by atoms with Crippen molar-refractivity contribution in [2.75, 3.05) is 0 Å². The van der Waals surface area contributed by atoms with E-state index in [0.29, 0.717) is 11.8 Å². The summed E-state index contributed by atoms with van der Waals surface area (Å²) in [5, 5.41) is 0. The number of pyridine rings is 1. The lowest BCUT2D eigenvalue weighted by Gasteiger charge is -2.12. The van der Waals surface area contributed by atoms with Gasteiger partial charge in [0.1, 0.15) is 0 Å². The predicted molar refractivity (Wildman–Crippen MR) is 61.8 cm³/mol. The number of nitrogens with zero attached hydrogens (tertiary/aromatic N) is 1. The highest BCUT2D eigenvalue weighted by Gasteiger charge is 2.07. The smallest absolute Gasteiger partial charge is 0.0435 e. The van der Waals surface area contributed by atoms with Gasteiger partial charge < -0.3 is 0 Å². The number of rotatable bonds is 3. The summed E-state index contributed by atoms with van der Waals surface area (Å²) < 4.78 is 0. The van der Waals surface area contributed by atoms with Gasteiger partial charge in [-0.3, -0.25) is 4.98 Å². The lowest BCUT2D eigenvalue weighted by Crippen LogP contribution is -2.01. The number of aryl methyl sites for hydroxylation is 1. The Balaban J connectivity index is 3.13. The predicted octanol–water partition coefficient (Wildman–Crippen LogP) is 3.89. The van der Waals surface area contributed by atoms with Crippen LogP contribution in [0.4, 0.5) is 0 Å². The van der Waals surface area contributed by atoms with Crippen molar-refractivity contribution < 1.29 is 0 Å². The molecule has 0 atom stereocenters. The zero-order valence-corrected chi connectivity index (χ0v) is 9.96. The topological polar surface area (TPSA) is 12.9 Å². The molecule has 0 aromatic carbocycles. The second kappa shape index (κ2) is 4.59. The van der Waals surface area contributed by atoms with Crippen molar-refractivity contribution in [1.29, 1.82) is 0 Å². The fraction of sp³-hybridized carbons (Fsp3) is 0.615. The normalized spacial score (nSPS) is 11.4. The van der Waals surface area contributed by atoms with Crippen molar-refractivity contribution in [2.45, 2.75) is 52.9 Å². The van der Waals surface area contributed by atoms with E-state index in [1.807, 2.05) is 0 Å². The zero-order chi connectivity index (χ0) is 10.7. The maximum absolute atomic E-state index is 4.68. The van der Waals surface area contributed by atoms with E-state index in [1.54, 1.807) is 0 Å². The molecule has 0 aliphatic rings. The maximum Gasteiger partial charge on any atom is 0.0435 e. The fourth-order valence-electron chi connectivity index (χ4n) is 1.43. The summed E-state index contributed by atoms with van der Waals surface area (Å²) in [6, 6.07) is 4.47. The first-order chi connectivity index (χ1) is 6.54. The van der Waals surface area contributed by atoms with Gasteiger partial charge in [0.2, 0.25) is 0 Å². The summed E-state index contributed by atoms with van der Waals surface area (Å²) in [4.78, 5) is 4.68. The van der Waals surface area contributed by atoms with E-state index in [9.17, 15) is 0 Å². The molecule has 1 nitrogen and oxygen atoms in total. The van der Waals surface area contributed by atoms with Crippen molar-refractivity contribution in [1.82, 2.24) is 4.98 Å². The number of aromatic nitrogens is 1. The summed E-state index contributed by atoms with van der Waals surface area (Å²) in [6.45, 7) is 11.0. The zero-order valence-electron chi connectivity index (χ0n) is 9.96. The molecule has 0 aliphatic carbocycles. The van der Waals surface area contributed by atoms with Crippen LogP contribution in [0.15, 0.2) is 12.1 Å². The van der Waals surface area contributed by atoms with Crippen LogP contribution in [0.5, 0.6) is 0 Å². The molecule has 0 unspecified atom stereocenters. The first kappa shape index (κ1) is 11.2. The lowest BCUT2D eigenvalue weighted by atomic mass is 10.0. The summed E-state index contributed by atoms with van der Waals surface area (Å²) in [5.41, 5.74) is 3.87. The van der Waals surface area contributed by atoms with Gasteiger partial charge in [0, 0.05) is 11.4 Å². The van der Waals surface area contributed by atoms with E-state index < -0.39 is 0 Å². The Bertz CT molecular complexity index is 274. The summed E-state index contributed by atoms with van der Waals surface area (Å²) in [5.74, 6) is 1.05. The van der Waals surface area contributed by atoms with E-state index in [-0.39, 0.29) is 0 Å². The lowest BCUT2D eigenvalue weighted by molar-refractivity contribution is 0.759. The molecule has 0 saturated carbocycles. The van der Waals surface area contributed by atoms with Crippen LogP contribution in [0.1, 0.15) is 63.4 Å². The van der Waals surface area contributed by atoms with Crippen molar-refractivity contribution in [3.63, 3.8) is 0 Å². The average Bonchev–Trinajstić information content (AvgIpc) is 2.16. The summed E-state index contributed by atoms with van der Waals surface area (Å²) in [6.07, 6.45) is 1.10. The average molecular weight is 191 g/mol. The Kier molecular flexibility index (Phi) is 3.68. The minimum Gasteiger partial charge on any atom is -0.257 e. The number of hydrogen-bond acceptors (Lipinski definition) is 1. The Morgan fingerprint density at radius 2 is 1.43 bits per heavy atom. The van der Waals surface area contributed by atoms with Crippen LogP contribution >= 0.6 is 0 Å². The van der Waals surface area contributed by atoms with Gasteiger partial charge in [0.15, 0.2) is 0 Å². The van der Waals surface area contributed by atoms with Crippen LogP contribution in [-0.2, 0) is 6.42 Å². The molecule has 1 rings (SSSR count). The molecular formula is C13H21N.